The minimum Gasteiger partial charge on any atom is -0.477 e. The number of carbonyl (C=O) groups is 2. The van der Waals surface area contributed by atoms with Crippen molar-refractivity contribution in [3.05, 3.63) is 41.5 Å². The fourth-order valence-electron chi connectivity index (χ4n) is 1.87. The van der Waals surface area contributed by atoms with Crippen LogP contribution in [0.15, 0.2) is 24.5 Å². The Morgan fingerprint density at radius 1 is 1.45 bits per heavy atom. The van der Waals surface area contributed by atoms with E-state index in [-0.39, 0.29) is 18.1 Å². The highest BCUT2D eigenvalue weighted by Gasteiger charge is 2.12. The summed E-state index contributed by atoms with van der Waals surface area (Å²) >= 11 is 0. The number of nitrogens with zero attached hydrogens (tertiary/aromatic N) is 3. The molecule has 0 aliphatic heterocycles. The number of rotatable bonds is 5. The number of amides is 1. The number of aromatic nitrogens is 3. The molecule has 2 heterocycles. The number of nitrogens with one attached hydrogen (secondary N) is 1. The highest BCUT2D eigenvalue weighted by Crippen LogP contribution is 2.05. The summed E-state index contributed by atoms with van der Waals surface area (Å²) < 4.78 is 3.13. The third kappa shape index (κ3) is 2.87. The van der Waals surface area contributed by atoms with Crippen molar-refractivity contribution >= 4 is 11.9 Å². The number of aromatic carboxylic acids is 1. The van der Waals surface area contributed by atoms with E-state index in [2.05, 4.69) is 10.4 Å². The maximum atomic E-state index is 11.8. The molecule has 2 aromatic rings. The molecule has 0 saturated heterocycles. The molecule has 0 fully saturated rings. The number of carboxylic acid groups (broad SMARTS) is 1. The predicted octanol–water partition coefficient (Wildman–Crippen LogP) is 0.545. The molecular weight excluding hydrogens is 260 g/mol. The van der Waals surface area contributed by atoms with Crippen LogP contribution in [0.25, 0.3) is 0 Å². The lowest BCUT2D eigenvalue weighted by atomic mass is 10.2. The van der Waals surface area contributed by atoms with Crippen LogP contribution in [-0.4, -0.2) is 31.3 Å². The van der Waals surface area contributed by atoms with Crippen LogP contribution in [0.3, 0.4) is 0 Å². The van der Waals surface area contributed by atoms with Crippen molar-refractivity contribution in [2.75, 3.05) is 0 Å². The molecule has 0 atom stereocenters. The van der Waals surface area contributed by atoms with Crippen molar-refractivity contribution < 1.29 is 14.7 Å². The maximum absolute atomic E-state index is 11.8. The molecule has 20 heavy (non-hydrogen) atoms. The summed E-state index contributed by atoms with van der Waals surface area (Å²) in [5.74, 6) is -1.29. The number of aryl methyl sites for hydroxylation is 1. The molecule has 0 saturated carbocycles. The Morgan fingerprint density at radius 3 is 2.80 bits per heavy atom. The fourth-order valence-corrected chi connectivity index (χ4v) is 1.87. The molecule has 0 unspecified atom stereocenters. The zero-order chi connectivity index (χ0) is 14.7. The molecule has 2 aromatic heterocycles. The number of carboxylic acids is 1. The number of hydrogen-bond donors (Lipinski definition) is 2. The normalized spacial score (nSPS) is 10.5. The number of hydrogen-bond acceptors (Lipinski definition) is 3. The minimum atomic E-state index is -1.05. The summed E-state index contributed by atoms with van der Waals surface area (Å²) in [6, 6.07) is 3.06. The van der Waals surface area contributed by atoms with E-state index in [4.69, 9.17) is 5.11 Å². The van der Waals surface area contributed by atoms with E-state index in [1.54, 1.807) is 23.1 Å². The van der Waals surface area contributed by atoms with E-state index in [1.807, 2.05) is 14.0 Å². The first kappa shape index (κ1) is 13.9. The lowest BCUT2D eigenvalue weighted by Gasteiger charge is -2.07. The van der Waals surface area contributed by atoms with E-state index in [9.17, 15) is 9.59 Å². The topological polar surface area (TPSA) is 89.2 Å². The lowest BCUT2D eigenvalue weighted by Crippen LogP contribution is -2.28. The Bertz CT molecular complexity index is 642. The van der Waals surface area contributed by atoms with Crippen molar-refractivity contribution in [2.24, 2.45) is 7.05 Å². The van der Waals surface area contributed by atoms with Gasteiger partial charge in [-0.2, -0.15) is 5.10 Å². The monoisotopic (exact) mass is 276 g/mol. The third-order valence-electron chi connectivity index (χ3n) is 3.18. The first-order valence-corrected chi connectivity index (χ1v) is 6.11. The van der Waals surface area contributed by atoms with Gasteiger partial charge in [0, 0.05) is 31.0 Å². The van der Waals surface area contributed by atoms with Crippen molar-refractivity contribution in [2.45, 2.75) is 20.0 Å². The van der Waals surface area contributed by atoms with Crippen LogP contribution in [0.2, 0.25) is 0 Å². The van der Waals surface area contributed by atoms with Gasteiger partial charge in [-0.25, -0.2) is 4.79 Å². The Labute approximate surface area is 115 Å². The predicted molar refractivity (Wildman–Crippen MR) is 71.2 cm³/mol. The molecule has 7 heteroatoms. The zero-order valence-electron chi connectivity index (χ0n) is 11.3. The third-order valence-corrected chi connectivity index (χ3v) is 3.18. The molecule has 1 amide bonds. The Morgan fingerprint density at radius 2 is 2.20 bits per heavy atom. The van der Waals surface area contributed by atoms with Gasteiger partial charge >= 0.3 is 5.97 Å². The van der Waals surface area contributed by atoms with Gasteiger partial charge in [-0.15, -0.1) is 0 Å². The Hall–Kier alpha value is -2.57. The van der Waals surface area contributed by atoms with Crippen molar-refractivity contribution in [3.63, 3.8) is 0 Å². The van der Waals surface area contributed by atoms with E-state index in [0.717, 1.165) is 11.3 Å². The van der Waals surface area contributed by atoms with Gasteiger partial charge < -0.3 is 15.0 Å². The SMILES string of the molecule is Cc1c(CNC(=O)Cn2cccc2C(=O)O)cnn1C. The van der Waals surface area contributed by atoms with Gasteiger partial charge in [0.25, 0.3) is 0 Å². The van der Waals surface area contributed by atoms with Gasteiger partial charge in [0.05, 0.1) is 6.20 Å². The summed E-state index contributed by atoms with van der Waals surface area (Å²) in [5, 5.41) is 15.8. The summed E-state index contributed by atoms with van der Waals surface area (Å²) in [5.41, 5.74) is 2.02. The highest BCUT2D eigenvalue weighted by molar-refractivity contribution is 5.86. The van der Waals surface area contributed by atoms with Gasteiger partial charge in [0.15, 0.2) is 0 Å². The largest absolute Gasteiger partial charge is 0.477 e. The molecule has 2 rings (SSSR count). The van der Waals surface area contributed by atoms with Crippen LogP contribution in [0.5, 0.6) is 0 Å². The zero-order valence-corrected chi connectivity index (χ0v) is 11.3. The molecular formula is C13H16N4O3. The Balaban J connectivity index is 1.94. The summed E-state index contributed by atoms with van der Waals surface area (Å²) in [7, 11) is 1.83. The van der Waals surface area contributed by atoms with Gasteiger partial charge in [-0.1, -0.05) is 0 Å². The molecule has 0 aromatic carbocycles. The van der Waals surface area contributed by atoms with E-state index >= 15 is 0 Å². The lowest BCUT2D eigenvalue weighted by molar-refractivity contribution is -0.121. The number of carbonyl (C=O) groups excluding carboxylic acids is 1. The quantitative estimate of drug-likeness (QED) is 0.834. The average Bonchev–Trinajstić information content (AvgIpc) is 2.97. The second kappa shape index (κ2) is 5.60. The molecule has 0 bridgehead atoms. The molecule has 7 nitrogen and oxygen atoms in total. The molecule has 0 radical (unpaired) electrons. The van der Waals surface area contributed by atoms with E-state index < -0.39 is 5.97 Å². The van der Waals surface area contributed by atoms with Crippen LogP contribution >= 0.6 is 0 Å². The fraction of sp³-hybridized carbons (Fsp3) is 0.308. The van der Waals surface area contributed by atoms with Gasteiger partial charge in [0.1, 0.15) is 12.2 Å². The second-order valence-corrected chi connectivity index (χ2v) is 4.48. The molecule has 106 valence electrons. The van der Waals surface area contributed by atoms with E-state index in [0.29, 0.717) is 6.54 Å². The van der Waals surface area contributed by atoms with Crippen molar-refractivity contribution in [1.82, 2.24) is 19.7 Å². The first-order chi connectivity index (χ1) is 9.49. The van der Waals surface area contributed by atoms with Crippen LogP contribution in [0.1, 0.15) is 21.7 Å². The van der Waals surface area contributed by atoms with Crippen LogP contribution in [0.4, 0.5) is 0 Å². The van der Waals surface area contributed by atoms with Gasteiger partial charge in [-0.05, 0) is 19.1 Å². The highest BCUT2D eigenvalue weighted by atomic mass is 16.4. The molecule has 2 N–H and O–H groups in total. The van der Waals surface area contributed by atoms with Crippen LogP contribution in [0, 0.1) is 6.92 Å². The molecule has 0 spiro atoms. The van der Waals surface area contributed by atoms with Crippen LogP contribution in [-0.2, 0) is 24.9 Å². The minimum absolute atomic E-state index is 0.0199. The van der Waals surface area contributed by atoms with Gasteiger partial charge in [0.2, 0.25) is 5.91 Å². The summed E-state index contributed by atoms with van der Waals surface area (Å²) in [6.07, 6.45) is 3.27. The van der Waals surface area contributed by atoms with E-state index in [1.165, 1.54) is 10.6 Å². The second-order valence-electron chi connectivity index (χ2n) is 4.48. The first-order valence-electron chi connectivity index (χ1n) is 6.11. The van der Waals surface area contributed by atoms with Crippen molar-refractivity contribution in [1.29, 1.82) is 0 Å². The standard InChI is InChI=1S/C13H16N4O3/c1-9-10(7-15-16(9)2)6-14-12(18)8-17-5-3-4-11(17)13(19)20/h3-5,7H,6,8H2,1-2H3,(H,14,18)(H,19,20). The van der Waals surface area contributed by atoms with Crippen LogP contribution < -0.4 is 5.32 Å². The average molecular weight is 276 g/mol. The summed E-state index contributed by atoms with van der Waals surface area (Å²) in [4.78, 5) is 22.8. The smallest absolute Gasteiger partial charge is 0.352 e. The molecule has 0 aliphatic carbocycles. The Kier molecular flexibility index (Phi) is 3.88. The molecule has 0 aliphatic rings. The maximum Gasteiger partial charge on any atom is 0.352 e. The van der Waals surface area contributed by atoms with Gasteiger partial charge in [-0.3, -0.25) is 9.48 Å². The summed E-state index contributed by atoms with van der Waals surface area (Å²) in [6.45, 7) is 2.28. The van der Waals surface area contributed by atoms with Crippen molar-refractivity contribution in [3.8, 4) is 0 Å².